The Morgan fingerprint density at radius 3 is 2.69 bits per heavy atom. The molecule has 6 heteroatoms. The van der Waals surface area contributed by atoms with Crippen molar-refractivity contribution in [3.05, 3.63) is 23.3 Å². The van der Waals surface area contributed by atoms with E-state index in [2.05, 4.69) is 9.98 Å². The van der Waals surface area contributed by atoms with Crippen LogP contribution >= 0.6 is 23.2 Å². The number of aliphatic imine (C=N–C) groups is 2. The first-order chi connectivity index (χ1) is 7.64. The van der Waals surface area contributed by atoms with Crippen molar-refractivity contribution in [2.75, 3.05) is 13.1 Å². The molecule has 0 N–H and O–H groups in total. The molecule has 84 valence electrons. The Bertz CT molecular complexity index is 421. The van der Waals surface area contributed by atoms with Gasteiger partial charge in [0, 0.05) is 11.0 Å². The molecule has 2 unspecified atom stereocenters. The van der Waals surface area contributed by atoms with Gasteiger partial charge in [-0.1, -0.05) is 23.8 Å². The molecule has 16 heavy (non-hydrogen) atoms. The monoisotopic (exact) mass is 258 g/mol. The van der Waals surface area contributed by atoms with E-state index in [9.17, 15) is 9.59 Å². The highest BCUT2D eigenvalue weighted by molar-refractivity contribution is 6.33. The Hall–Kier alpha value is -1.18. The SMILES string of the molecule is O=C=NCC1C(Cl)=CC=CC1(Cl)CN=C=O. The molecule has 0 heterocycles. The Labute approximate surface area is 102 Å². The summed E-state index contributed by atoms with van der Waals surface area (Å²) in [6.45, 7) is 0.151. The van der Waals surface area contributed by atoms with E-state index in [4.69, 9.17) is 23.2 Å². The van der Waals surface area contributed by atoms with E-state index in [1.54, 1.807) is 18.2 Å². The Kier molecular flexibility index (Phi) is 4.66. The largest absolute Gasteiger partial charge is 0.235 e. The Morgan fingerprint density at radius 2 is 2.06 bits per heavy atom. The highest BCUT2D eigenvalue weighted by Crippen LogP contribution is 2.38. The zero-order valence-electron chi connectivity index (χ0n) is 8.19. The van der Waals surface area contributed by atoms with Gasteiger partial charge in [-0.2, -0.15) is 0 Å². The second-order valence-electron chi connectivity index (χ2n) is 3.23. The van der Waals surface area contributed by atoms with Gasteiger partial charge >= 0.3 is 0 Å². The second kappa shape index (κ2) is 5.78. The fourth-order valence-corrected chi connectivity index (χ4v) is 2.16. The topological polar surface area (TPSA) is 58.9 Å². The van der Waals surface area contributed by atoms with Crippen LogP contribution in [0, 0.1) is 5.92 Å². The number of halogens is 2. The fraction of sp³-hybridized carbons (Fsp3) is 0.400. The minimum Gasteiger partial charge on any atom is -0.211 e. The number of allylic oxidation sites excluding steroid dienone is 2. The van der Waals surface area contributed by atoms with Crippen LogP contribution in [0.15, 0.2) is 33.2 Å². The molecular weight excluding hydrogens is 251 g/mol. The standard InChI is InChI=1S/C10H8Cl2N2O2/c11-9-2-1-3-10(12,5-14-7-16)8(9)4-13-6-15/h1-3,8H,4-5H2. The van der Waals surface area contributed by atoms with Crippen LogP contribution < -0.4 is 0 Å². The van der Waals surface area contributed by atoms with Gasteiger partial charge in [-0.25, -0.2) is 19.6 Å². The molecule has 4 nitrogen and oxygen atoms in total. The molecule has 0 aromatic rings. The third-order valence-electron chi connectivity index (χ3n) is 2.27. The normalized spacial score (nSPS) is 27.6. The number of isocyanates is 2. The summed E-state index contributed by atoms with van der Waals surface area (Å²) in [6, 6.07) is 0. The average molecular weight is 259 g/mol. The second-order valence-corrected chi connectivity index (χ2v) is 4.37. The van der Waals surface area contributed by atoms with Gasteiger partial charge < -0.3 is 0 Å². The van der Waals surface area contributed by atoms with Gasteiger partial charge in [0.1, 0.15) is 0 Å². The first kappa shape index (κ1) is 12.9. The lowest BCUT2D eigenvalue weighted by Crippen LogP contribution is -2.37. The minimum atomic E-state index is -0.941. The molecule has 0 amide bonds. The van der Waals surface area contributed by atoms with Crippen LogP contribution in [-0.4, -0.2) is 30.1 Å². The number of hydrogen-bond acceptors (Lipinski definition) is 4. The van der Waals surface area contributed by atoms with Gasteiger partial charge in [-0.3, -0.25) is 0 Å². The lowest BCUT2D eigenvalue weighted by atomic mass is 9.87. The highest BCUT2D eigenvalue weighted by Gasteiger charge is 2.38. The lowest BCUT2D eigenvalue weighted by Gasteiger charge is -2.31. The summed E-state index contributed by atoms with van der Waals surface area (Å²) >= 11 is 12.3. The summed E-state index contributed by atoms with van der Waals surface area (Å²) in [5.74, 6) is -0.389. The van der Waals surface area contributed by atoms with Crippen molar-refractivity contribution in [1.82, 2.24) is 0 Å². The molecule has 0 fully saturated rings. The van der Waals surface area contributed by atoms with E-state index in [1.165, 1.54) is 12.2 Å². The molecule has 1 aliphatic carbocycles. The van der Waals surface area contributed by atoms with Crippen LogP contribution in [0.3, 0.4) is 0 Å². The van der Waals surface area contributed by atoms with E-state index in [1.807, 2.05) is 0 Å². The van der Waals surface area contributed by atoms with Crippen molar-refractivity contribution in [2.24, 2.45) is 15.9 Å². The zero-order chi connectivity index (χ0) is 12.0. The Morgan fingerprint density at radius 1 is 1.38 bits per heavy atom. The van der Waals surface area contributed by atoms with E-state index < -0.39 is 4.87 Å². The molecule has 0 bridgehead atoms. The summed E-state index contributed by atoms with van der Waals surface area (Å²) in [5, 5.41) is 0.470. The first-order valence-electron chi connectivity index (χ1n) is 4.45. The number of alkyl halides is 1. The van der Waals surface area contributed by atoms with Crippen LogP contribution in [0.1, 0.15) is 0 Å². The molecule has 1 aliphatic rings. The number of rotatable bonds is 4. The molecule has 0 spiro atoms. The van der Waals surface area contributed by atoms with Gasteiger partial charge in [0.15, 0.2) is 0 Å². The summed E-state index contributed by atoms with van der Waals surface area (Å²) in [6.07, 6.45) is 7.86. The summed E-state index contributed by atoms with van der Waals surface area (Å²) in [5.41, 5.74) is 0. The number of nitrogens with zero attached hydrogens (tertiary/aromatic N) is 2. The van der Waals surface area contributed by atoms with Crippen molar-refractivity contribution < 1.29 is 9.59 Å². The first-order valence-corrected chi connectivity index (χ1v) is 5.20. The molecule has 0 saturated heterocycles. The number of hydrogen-bond donors (Lipinski definition) is 0. The predicted octanol–water partition coefficient (Wildman–Crippen LogP) is 1.94. The molecule has 0 aromatic carbocycles. The van der Waals surface area contributed by atoms with Crippen molar-refractivity contribution in [3.8, 4) is 0 Å². The molecule has 2 atom stereocenters. The third-order valence-corrected chi connectivity index (χ3v) is 3.16. The molecule has 0 radical (unpaired) electrons. The Balaban J connectivity index is 2.95. The van der Waals surface area contributed by atoms with Crippen LogP contribution in [0.25, 0.3) is 0 Å². The molecule has 0 aromatic heterocycles. The summed E-state index contributed by atoms with van der Waals surface area (Å²) in [4.78, 5) is 26.1. The van der Waals surface area contributed by atoms with Gasteiger partial charge in [-0.05, 0) is 6.08 Å². The fourth-order valence-electron chi connectivity index (χ4n) is 1.45. The van der Waals surface area contributed by atoms with Crippen LogP contribution in [0.5, 0.6) is 0 Å². The lowest BCUT2D eigenvalue weighted by molar-refractivity contribution is 0.503. The maximum absolute atomic E-state index is 10.1. The number of carbonyl (C=O) groups excluding carboxylic acids is 2. The van der Waals surface area contributed by atoms with E-state index in [0.29, 0.717) is 5.03 Å². The van der Waals surface area contributed by atoms with Gasteiger partial charge in [0.25, 0.3) is 0 Å². The van der Waals surface area contributed by atoms with Crippen molar-refractivity contribution in [2.45, 2.75) is 4.87 Å². The maximum Gasteiger partial charge on any atom is 0.235 e. The maximum atomic E-state index is 10.1. The summed E-state index contributed by atoms with van der Waals surface area (Å²) in [7, 11) is 0. The smallest absolute Gasteiger partial charge is 0.211 e. The quantitative estimate of drug-likeness (QED) is 0.440. The van der Waals surface area contributed by atoms with Crippen LogP contribution in [0.2, 0.25) is 0 Å². The van der Waals surface area contributed by atoms with Crippen molar-refractivity contribution >= 4 is 35.4 Å². The average Bonchev–Trinajstić information content (AvgIpc) is 2.26. The van der Waals surface area contributed by atoms with Gasteiger partial charge in [0.2, 0.25) is 12.2 Å². The van der Waals surface area contributed by atoms with E-state index in [-0.39, 0.29) is 19.0 Å². The zero-order valence-corrected chi connectivity index (χ0v) is 9.70. The van der Waals surface area contributed by atoms with Crippen LogP contribution in [0.4, 0.5) is 0 Å². The van der Waals surface area contributed by atoms with E-state index >= 15 is 0 Å². The van der Waals surface area contributed by atoms with Crippen molar-refractivity contribution in [1.29, 1.82) is 0 Å². The van der Waals surface area contributed by atoms with Crippen LogP contribution in [-0.2, 0) is 9.59 Å². The van der Waals surface area contributed by atoms with Crippen molar-refractivity contribution in [3.63, 3.8) is 0 Å². The van der Waals surface area contributed by atoms with Gasteiger partial charge in [0.05, 0.1) is 18.0 Å². The highest BCUT2D eigenvalue weighted by atomic mass is 35.5. The molecule has 0 saturated carbocycles. The minimum absolute atomic E-state index is 0.0393. The molecule has 0 aliphatic heterocycles. The molecule has 1 rings (SSSR count). The summed E-state index contributed by atoms with van der Waals surface area (Å²) < 4.78 is 0. The molecular formula is C10H8Cl2N2O2. The van der Waals surface area contributed by atoms with E-state index in [0.717, 1.165) is 0 Å². The third kappa shape index (κ3) is 2.91. The van der Waals surface area contributed by atoms with Gasteiger partial charge in [-0.15, -0.1) is 11.6 Å². The predicted molar refractivity (Wildman–Crippen MR) is 61.1 cm³/mol.